The Morgan fingerprint density at radius 2 is 1.50 bits per heavy atom. The second kappa shape index (κ2) is 7.12. The number of rotatable bonds is 5. The Morgan fingerprint density at radius 1 is 0.962 bits per heavy atom. The molecular weight excluding hydrogens is 328 g/mol. The Morgan fingerprint density at radius 3 is 2.08 bits per heavy atom. The van der Waals surface area contributed by atoms with Crippen LogP contribution in [0, 0.1) is 0 Å². The Kier molecular flexibility index (Phi) is 4.89. The fourth-order valence-electron chi connectivity index (χ4n) is 3.17. The molecule has 0 saturated heterocycles. The molecular formula is C21H22N2O3. The summed E-state index contributed by atoms with van der Waals surface area (Å²) in [7, 11) is 0. The minimum absolute atomic E-state index is 0.293. The van der Waals surface area contributed by atoms with Crippen LogP contribution in [0.1, 0.15) is 59.4 Å². The number of carbonyl (C=O) groups is 3. The van der Waals surface area contributed by atoms with E-state index in [1.54, 1.807) is 31.2 Å². The maximum absolute atomic E-state index is 12.7. The van der Waals surface area contributed by atoms with Crippen LogP contribution >= 0.6 is 0 Å². The van der Waals surface area contributed by atoms with Gasteiger partial charge in [-0.3, -0.25) is 19.3 Å². The second-order valence-electron chi connectivity index (χ2n) is 6.59. The zero-order chi connectivity index (χ0) is 18.8. The molecule has 5 heteroatoms. The van der Waals surface area contributed by atoms with Gasteiger partial charge in [-0.25, -0.2) is 0 Å². The van der Waals surface area contributed by atoms with Gasteiger partial charge in [-0.15, -0.1) is 0 Å². The van der Waals surface area contributed by atoms with Gasteiger partial charge < -0.3 is 5.32 Å². The highest BCUT2D eigenvalue weighted by Gasteiger charge is 2.40. The average Bonchev–Trinajstić information content (AvgIpc) is 2.92. The molecule has 0 fully saturated rings. The maximum Gasteiger partial charge on any atom is 0.262 e. The lowest BCUT2D eigenvalue weighted by Gasteiger charge is -2.23. The van der Waals surface area contributed by atoms with E-state index in [-0.39, 0.29) is 5.91 Å². The first kappa shape index (κ1) is 17.9. The number of para-hydroxylation sites is 1. The Labute approximate surface area is 153 Å². The van der Waals surface area contributed by atoms with Crippen molar-refractivity contribution in [1.29, 1.82) is 0 Å². The van der Waals surface area contributed by atoms with E-state index in [0.29, 0.717) is 17.0 Å². The SMILES string of the molecule is CC[C@@H](C)c1ccccc1NC(=O)[C@@H](C)N1C(=O)c2ccccc2C1=O. The molecule has 1 heterocycles. The minimum atomic E-state index is -0.896. The lowest BCUT2D eigenvalue weighted by atomic mass is 9.97. The van der Waals surface area contributed by atoms with E-state index >= 15 is 0 Å². The highest BCUT2D eigenvalue weighted by molar-refractivity contribution is 6.23. The number of amides is 3. The molecule has 0 aromatic heterocycles. The zero-order valence-corrected chi connectivity index (χ0v) is 15.2. The number of carbonyl (C=O) groups excluding carboxylic acids is 3. The van der Waals surface area contributed by atoms with Crippen LogP contribution in [-0.2, 0) is 4.79 Å². The van der Waals surface area contributed by atoms with Crippen LogP contribution in [0.2, 0.25) is 0 Å². The van der Waals surface area contributed by atoms with E-state index in [1.165, 1.54) is 0 Å². The molecule has 26 heavy (non-hydrogen) atoms. The summed E-state index contributed by atoms with van der Waals surface area (Å²) >= 11 is 0. The predicted molar refractivity (Wildman–Crippen MR) is 100 cm³/mol. The van der Waals surface area contributed by atoms with Crippen molar-refractivity contribution >= 4 is 23.4 Å². The number of fused-ring (bicyclic) bond motifs is 1. The van der Waals surface area contributed by atoms with Gasteiger partial charge in [0.15, 0.2) is 0 Å². The van der Waals surface area contributed by atoms with E-state index in [9.17, 15) is 14.4 Å². The number of benzene rings is 2. The Balaban J connectivity index is 1.82. The first-order valence-electron chi connectivity index (χ1n) is 8.82. The smallest absolute Gasteiger partial charge is 0.262 e. The second-order valence-corrected chi connectivity index (χ2v) is 6.59. The lowest BCUT2D eigenvalue weighted by molar-refractivity contribution is -0.119. The molecule has 2 atom stereocenters. The highest BCUT2D eigenvalue weighted by atomic mass is 16.2. The molecule has 0 saturated carbocycles. The fourth-order valence-corrected chi connectivity index (χ4v) is 3.17. The van der Waals surface area contributed by atoms with Gasteiger partial charge in [-0.1, -0.05) is 44.2 Å². The number of anilines is 1. The molecule has 3 rings (SSSR count). The summed E-state index contributed by atoms with van der Waals surface area (Å²) in [6.45, 7) is 5.76. The molecule has 0 spiro atoms. The van der Waals surface area contributed by atoms with E-state index in [4.69, 9.17) is 0 Å². The molecule has 1 aliphatic rings. The molecule has 5 nitrogen and oxygen atoms in total. The monoisotopic (exact) mass is 350 g/mol. The highest BCUT2D eigenvalue weighted by Crippen LogP contribution is 2.28. The zero-order valence-electron chi connectivity index (χ0n) is 15.2. The van der Waals surface area contributed by atoms with E-state index in [0.717, 1.165) is 22.6 Å². The third-order valence-electron chi connectivity index (χ3n) is 4.95. The van der Waals surface area contributed by atoms with E-state index < -0.39 is 17.9 Å². The molecule has 0 unspecified atom stereocenters. The topological polar surface area (TPSA) is 66.5 Å². The van der Waals surface area contributed by atoms with Crippen LogP contribution in [-0.4, -0.2) is 28.7 Å². The predicted octanol–water partition coefficient (Wildman–Crippen LogP) is 3.82. The summed E-state index contributed by atoms with van der Waals surface area (Å²) in [5.41, 5.74) is 2.45. The molecule has 0 bridgehead atoms. The fraction of sp³-hybridized carbons (Fsp3) is 0.286. The largest absolute Gasteiger partial charge is 0.324 e. The molecule has 0 aliphatic carbocycles. The number of imide groups is 1. The van der Waals surface area contributed by atoms with Crippen molar-refractivity contribution in [3.8, 4) is 0 Å². The van der Waals surface area contributed by atoms with Gasteiger partial charge in [0.25, 0.3) is 11.8 Å². The standard InChI is InChI=1S/C21H22N2O3/c1-4-13(2)15-9-7-8-12-18(15)22-19(24)14(3)23-20(25)16-10-5-6-11-17(16)21(23)26/h5-14H,4H2,1-3H3,(H,22,24)/t13-,14-/m1/s1. The van der Waals surface area contributed by atoms with Crippen molar-refractivity contribution in [3.63, 3.8) is 0 Å². The first-order chi connectivity index (χ1) is 12.5. The normalized spacial score (nSPS) is 15.6. The van der Waals surface area contributed by atoms with Crippen molar-refractivity contribution in [1.82, 2.24) is 4.90 Å². The molecule has 3 amide bonds. The number of nitrogens with zero attached hydrogens (tertiary/aromatic N) is 1. The summed E-state index contributed by atoms with van der Waals surface area (Å²) in [5.74, 6) is -0.941. The summed E-state index contributed by atoms with van der Waals surface area (Å²) in [4.78, 5) is 38.9. The Bertz CT molecular complexity index is 840. The Hall–Kier alpha value is -2.95. The first-order valence-corrected chi connectivity index (χ1v) is 8.82. The van der Waals surface area contributed by atoms with Gasteiger partial charge in [0.05, 0.1) is 11.1 Å². The summed E-state index contributed by atoms with van der Waals surface area (Å²) in [6.07, 6.45) is 0.945. The van der Waals surface area contributed by atoms with Crippen LogP contribution in [0.3, 0.4) is 0 Å². The molecule has 0 radical (unpaired) electrons. The van der Waals surface area contributed by atoms with Crippen LogP contribution in [0.5, 0.6) is 0 Å². The van der Waals surface area contributed by atoms with Gasteiger partial charge in [0.2, 0.25) is 5.91 Å². The van der Waals surface area contributed by atoms with Crippen LogP contribution < -0.4 is 5.32 Å². The third kappa shape index (κ3) is 3.01. The quantitative estimate of drug-likeness (QED) is 0.834. The molecule has 1 N–H and O–H groups in total. The number of hydrogen-bond donors (Lipinski definition) is 1. The average molecular weight is 350 g/mol. The van der Waals surface area contributed by atoms with Gasteiger partial charge in [0.1, 0.15) is 6.04 Å². The van der Waals surface area contributed by atoms with Gasteiger partial charge in [0, 0.05) is 5.69 Å². The van der Waals surface area contributed by atoms with E-state index in [1.807, 2.05) is 24.3 Å². The summed E-state index contributed by atoms with van der Waals surface area (Å²) in [5, 5.41) is 2.89. The summed E-state index contributed by atoms with van der Waals surface area (Å²) < 4.78 is 0. The van der Waals surface area contributed by atoms with Crippen LogP contribution in [0.15, 0.2) is 48.5 Å². The van der Waals surface area contributed by atoms with Crippen LogP contribution in [0.25, 0.3) is 0 Å². The summed E-state index contributed by atoms with van der Waals surface area (Å²) in [6, 6.07) is 13.4. The maximum atomic E-state index is 12.7. The number of hydrogen-bond acceptors (Lipinski definition) is 3. The minimum Gasteiger partial charge on any atom is -0.324 e. The van der Waals surface area contributed by atoms with Crippen molar-refractivity contribution < 1.29 is 14.4 Å². The van der Waals surface area contributed by atoms with Crippen molar-refractivity contribution in [2.24, 2.45) is 0 Å². The molecule has 2 aromatic carbocycles. The molecule has 2 aromatic rings. The van der Waals surface area contributed by atoms with Crippen molar-refractivity contribution in [2.75, 3.05) is 5.32 Å². The van der Waals surface area contributed by atoms with E-state index in [2.05, 4.69) is 19.2 Å². The van der Waals surface area contributed by atoms with Crippen LogP contribution in [0.4, 0.5) is 5.69 Å². The third-order valence-corrected chi connectivity index (χ3v) is 4.95. The van der Waals surface area contributed by atoms with Crippen molar-refractivity contribution in [3.05, 3.63) is 65.2 Å². The lowest BCUT2D eigenvalue weighted by Crippen LogP contribution is -2.45. The molecule has 134 valence electrons. The van der Waals surface area contributed by atoms with Gasteiger partial charge in [-0.2, -0.15) is 0 Å². The molecule has 1 aliphatic heterocycles. The number of nitrogens with one attached hydrogen (secondary N) is 1. The van der Waals surface area contributed by atoms with Crippen molar-refractivity contribution in [2.45, 2.75) is 39.2 Å². The van der Waals surface area contributed by atoms with Gasteiger partial charge >= 0.3 is 0 Å². The van der Waals surface area contributed by atoms with Gasteiger partial charge in [-0.05, 0) is 43.0 Å².